The number of halogens is 3. The van der Waals surface area contributed by atoms with Crippen molar-refractivity contribution >= 4 is 17.6 Å². The Morgan fingerprint density at radius 2 is 1.81 bits per heavy atom. The standard InChI is InChI=1S/C23H23F3N4O2/c1-28-23(32)29(21(15-8-9-27-12-15)30(28)22(31)13-2-3-13)20-7-4-14(10-19(20)26)17-6-5-16(24)11-18(17)25/h4-7,10-11,13,15,21,27H,2-3,8-9,12H2,1H3. The highest BCUT2D eigenvalue weighted by atomic mass is 19.1. The summed E-state index contributed by atoms with van der Waals surface area (Å²) in [5.41, 5.74) is 0.314. The van der Waals surface area contributed by atoms with E-state index in [1.807, 2.05) is 0 Å². The van der Waals surface area contributed by atoms with Crippen molar-refractivity contribution in [3.05, 3.63) is 53.8 Å². The van der Waals surface area contributed by atoms with Crippen LogP contribution < -0.4 is 10.2 Å². The number of nitrogens with zero attached hydrogens (tertiary/aromatic N) is 3. The van der Waals surface area contributed by atoms with Gasteiger partial charge in [0.1, 0.15) is 23.6 Å². The SMILES string of the molecule is CN1C(=O)N(c2ccc(-c3ccc(F)cc3F)cc2F)C(C2CCNC2)N1C(=O)C1CC1. The van der Waals surface area contributed by atoms with Crippen LogP contribution in [0.3, 0.4) is 0 Å². The van der Waals surface area contributed by atoms with Crippen molar-refractivity contribution in [3.63, 3.8) is 0 Å². The Bertz CT molecular complexity index is 1080. The topological polar surface area (TPSA) is 55.9 Å². The third-order valence-electron chi connectivity index (χ3n) is 6.44. The maximum atomic E-state index is 15.3. The van der Waals surface area contributed by atoms with E-state index in [4.69, 9.17) is 0 Å². The minimum atomic E-state index is -0.801. The van der Waals surface area contributed by atoms with Crippen molar-refractivity contribution in [2.75, 3.05) is 25.0 Å². The molecule has 2 atom stereocenters. The average Bonchev–Trinajstić information content (AvgIpc) is 3.41. The van der Waals surface area contributed by atoms with Gasteiger partial charge in [0.05, 0.1) is 5.69 Å². The van der Waals surface area contributed by atoms with Crippen LogP contribution in [0.5, 0.6) is 0 Å². The largest absolute Gasteiger partial charge is 0.345 e. The van der Waals surface area contributed by atoms with Crippen LogP contribution in [0.25, 0.3) is 11.1 Å². The van der Waals surface area contributed by atoms with Gasteiger partial charge in [-0.25, -0.2) is 28.0 Å². The summed E-state index contributed by atoms with van der Waals surface area (Å²) in [4.78, 5) is 27.5. The first-order chi connectivity index (χ1) is 15.4. The smallest absolute Gasteiger partial charge is 0.316 e. The molecule has 9 heteroatoms. The van der Waals surface area contributed by atoms with Crippen LogP contribution in [0, 0.1) is 29.3 Å². The highest BCUT2D eigenvalue weighted by molar-refractivity contribution is 5.98. The Labute approximate surface area is 183 Å². The molecule has 3 amide bonds. The highest BCUT2D eigenvalue weighted by Gasteiger charge is 2.52. The maximum absolute atomic E-state index is 15.3. The van der Waals surface area contributed by atoms with Crippen molar-refractivity contribution < 1.29 is 22.8 Å². The fourth-order valence-corrected chi connectivity index (χ4v) is 4.62. The van der Waals surface area contributed by atoms with Crippen LogP contribution in [0.4, 0.5) is 23.7 Å². The molecule has 168 valence electrons. The van der Waals surface area contributed by atoms with Crippen molar-refractivity contribution in [1.29, 1.82) is 0 Å². The summed E-state index contributed by atoms with van der Waals surface area (Å²) in [7, 11) is 1.53. The molecule has 32 heavy (non-hydrogen) atoms. The molecule has 1 saturated carbocycles. The minimum absolute atomic E-state index is 0.0242. The lowest BCUT2D eigenvalue weighted by molar-refractivity contribution is -0.146. The molecule has 3 aliphatic rings. The summed E-state index contributed by atoms with van der Waals surface area (Å²) in [6, 6.07) is 6.65. The molecule has 0 spiro atoms. The summed E-state index contributed by atoms with van der Waals surface area (Å²) >= 11 is 0. The Morgan fingerprint density at radius 3 is 2.44 bits per heavy atom. The summed E-state index contributed by atoms with van der Waals surface area (Å²) < 4.78 is 42.8. The molecule has 2 unspecified atom stereocenters. The van der Waals surface area contributed by atoms with Gasteiger partial charge in [0, 0.05) is 37.1 Å². The number of hydrogen-bond acceptors (Lipinski definition) is 3. The van der Waals surface area contributed by atoms with Crippen molar-refractivity contribution in [3.8, 4) is 11.1 Å². The lowest BCUT2D eigenvalue weighted by atomic mass is 10.0. The fourth-order valence-electron chi connectivity index (χ4n) is 4.62. The van der Waals surface area contributed by atoms with Gasteiger partial charge >= 0.3 is 6.03 Å². The van der Waals surface area contributed by atoms with E-state index in [9.17, 15) is 18.4 Å². The van der Waals surface area contributed by atoms with Gasteiger partial charge in [-0.2, -0.15) is 0 Å². The van der Waals surface area contributed by atoms with Crippen molar-refractivity contribution in [2.45, 2.75) is 25.4 Å². The number of urea groups is 1. The quantitative estimate of drug-likeness (QED) is 0.782. The van der Waals surface area contributed by atoms with Gasteiger partial charge in [0.25, 0.3) is 0 Å². The van der Waals surface area contributed by atoms with Gasteiger partial charge in [0.15, 0.2) is 0 Å². The number of nitrogens with one attached hydrogen (secondary N) is 1. The zero-order chi connectivity index (χ0) is 22.6. The van der Waals surface area contributed by atoms with Gasteiger partial charge in [-0.1, -0.05) is 6.07 Å². The van der Waals surface area contributed by atoms with Gasteiger partial charge in [-0.3, -0.25) is 9.69 Å². The van der Waals surface area contributed by atoms with Gasteiger partial charge in [-0.15, -0.1) is 0 Å². The zero-order valence-electron chi connectivity index (χ0n) is 17.5. The third-order valence-corrected chi connectivity index (χ3v) is 6.44. The molecule has 2 saturated heterocycles. The van der Waals surface area contributed by atoms with Crippen LogP contribution in [0.1, 0.15) is 19.3 Å². The molecule has 0 bridgehead atoms. The molecule has 6 nitrogen and oxygen atoms in total. The number of hydrogen-bond donors (Lipinski definition) is 1. The molecule has 2 heterocycles. The molecule has 1 aliphatic carbocycles. The number of benzene rings is 2. The minimum Gasteiger partial charge on any atom is -0.316 e. The number of carbonyl (C=O) groups is 2. The normalized spacial score (nSPS) is 23.4. The van der Waals surface area contributed by atoms with E-state index < -0.39 is 29.6 Å². The number of anilines is 1. The maximum Gasteiger partial charge on any atom is 0.345 e. The summed E-state index contributed by atoms with van der Waals surface area (Å²) in [6.45, 7) is 1.36. The van der Waals surface area contributed by atoms with E-state index in [1.54, 1.807) is 0 Å². The van der Waals surface area contributed by atoms with Crippen LogP contribution in [-0.2, 0) is 4.79 Å². The molecule has 2 aromatic rings. The molecule has 2 aromatic carbocycles. The summed E-state index contributed by atoms with van der Waals surface area (Å²) in [5, 5.41) is 6.00. The molecular formula is C23H23F3N4O2. The molecule has 2 aliphatic heterocycles. The van der Waals surface area contributed by atoms with Crippen LogP contribution in [-0.4, -0.2) is 48.3 Å². The molecule has 1 N–H and O–H groups in total. The van der Waals surface area contributed by atoms with E-state index >= 15 is 4.39 Å². The lowest BCUT2D eigenvalue weighted by Crippen LogP contribution is -2.51. The highest BCUT2D eigenvalue weighted by Crippen LogP contribution is 2.40. The zero-order valence-corrected chi connectivity index (χ0v) is 17.5. The van der Waals surface area contributed by atoms with E-state index in [-0.39, 0.29) is 34.6 Å². The fraction of sp³-hybridized carbons (Fsp3) is 0.391. The number of rotatable bonds is 4. The second-order valence-electron chi connectivity index (χ2n) is 8.59. The Morgan fingerprint density at radius 1 is 1.03 bits per heavy atom. The van der Waals surface area contributed by atoms with Gasteiger partial charge < -0.3 is 5.32 Å². The molecule has 0 aromatic heterocycles. The van der Waals surface area contributed by atoms with Crippen LogP contribution in [0.2, 0.25) is 0 Å². The van der Waals surface area contributed by atoms with E-state index in [0.29, 0.717) is 6.54 Å². The van der Waals surface area contributed by atoms with Gasteiger partial charge in [-0.05, 0) is 55.6 Å². The number of carbonyl (C=O) groups excluding carboxylic acids is 2. The van der Waals surface area contributed by atoms with E-state index in [0.717, 1.165) is 44.0 Å². The summed E-state index contributed by atoms with van der Waals surface area (Å²) in [5.74, 6) is -2.51. The monoisotopic (exact) mass is 444 g/mol. The Balaban J connectivity index is 1.54. The predicted octanol–water partition coefficient (Wildman–Crippen LogP) is 3.73. The van der Waals surface area contributed by atoms with Crippen molar-refractivity contribution in [1.82, 2.24) is 15.3 Å². The van der Waals surface area contributed by atoms with E-state index in [2.05, 4.69) is 5.32 Å². The molecular weight excluding hydrogens is 421 g/mol. The van der Waals surface area contributed by atoms with Gasteiger partial charge in [0.2, 0.25) is 5.91 Å². The first-order valence-electron chi connectivity index (χ1n) is 10.7. The number of amides is 3. The molecule has 5 rings (SSSR count). The van der Waals surface area contributed by atoms with Crippen LogP contribution >= 0.6 is 0 Å². The lowest BCUT2D eigenvalue weighted by Gasteiger charge is -2.34. The van der Waals surface area contributed by atoms with Crippen molar-refractivity contribution in [2.24, 2.45) is 11.8 Å². The second-order valence-corrected chi connectivity index (χ2v) is 8.59. The third kappa shape index (κ3) is 3.40. The Hall–Kier alpha value is -3.07. The molecule has 3 fully saturated rings. The Kier molecular flexibility index (Phi) is 5.08. The van der Waals surface area contributed by atoms with E-state index in [1.165, 1.54) is 40.2 Å². The second kappa shape index (κ2) is 7.81. The average molecular weight is 444 g/mol. The first kappa shape index (κ1) is 20.8. The molecule has 0 radical (unpaired) electrons. The summed E-state index contributed by atoms with van der Waals surface area (Å²) in [6.07, 6.45) is 1.69. The predicted molar refractivity (Wildman–Crippen MR) is 112 cm³/mol. The van der Waals surface area contributed by atoms with Crippen LogP contribution in [0.15, 0.2) is 36.4 Å². The first-order valence-corrected chi connectivity index (χ1v) is 10.7. The number of hydrazine groups is 1.